The van der Waals surface area contributed by atoms with E-state index in [4.69, 9.17) is 9.47 Å². The van der Waals surface area contributed by atoms with Gasteiger partial charge in [-0.15, -0.1) is 0 Å². The zero-order valence-electron chi connectivity index (χ0n) is 13.6. The first kappa shape index (κ1) is 15.4. The van der Waals surface area contributed by atoms with Crippen LogP contribution in [0.4, 0.5) is 0 Å². The quantitative estimate of drug-likeness (QED) is 0.892. The molecule has 0 atom stereocenters. The van der Waals surface area contributed by atoms with Crippen molar-refractivity contribution in [3.63, 3.8) is 0 Å². The molecule has 2 aromatic rings. The van der Waals surface area contributed by atoms with Crippen LogP contribution in [0.2, 0.25) is 0 Å². The summed E-state index contributed by atoms with van der Waals surface area (Å²) in [4.78, 5) is 4.54. The first-order valence-corrected chi connectivity index (χ1v) is 7.88. The Balaban J connectivity index is 1.79. The van der Waals surface area contributed by atoms with Gasteiger partial charge in [-0.1, -0.05) is 24.3 Å². The summed E-state index contributed by atoms with van der Waals surface area (Å²) in [7, 11) is 3.36. The van der Waals surface area contributed by atoms with Crippen LogP contribution in [0.15, 0.2) is 47.5 Å². The summed E-state index contributed by atoms with van der Waals surface area (Å²) >= 11 is 0. The Morgan fingerprint density at radius 2 is 1.74 bits per heavy atom. The Kier molecular flexibility index (Phi) is 4.81. The molecule has 0 amide bonds. The third-order valence-electron chi connectivity index (χ3n) is 4.04. The molecule has 1 N–H and O–H groups in total. The Labute approximate surface area is 137 Å². The Bertz CT molecular complexity index is 688. The molecule has 0 spiro atoms. The van der Waals surface area contributed by atoms with Gasteiger partial charge in [-0.2, -0.15) is 0 Å². The maximum absolute atomic E-state index is 5.35. The van der Waals surface area contributed by atoms with Crippen LogP contribution in [0.5, 0.6) is 11.5 Å². The first-order valence-electron chi connectivity index (χ1n) is 7.88. The number of rotatable bonds is 6. The Hall–Kier alpha value is -2.49. The van der Waals surface area contributed by atoms with Gasteiger partial charge >= 0.3 is 0 Å². The third-order valence-corrected chi connectivity index (χ3v) is 4.04. The molecule has 2 aromatic carbocycles. The molecule has 3 rings (SSSR count). The smallest absolute Gasteiger partial charge is 0.128 e. The van der Waals surface area contributed by atoms with E-state index >= 15 is 0 Å². The maximum atomic E-state index is 5.35. The summed E-state index contributed by atoms with van der Waals surface area (Å²) in [6.07, 6.45) is 1.88. The molecule has 0 aliphatic carbocycles. The Morgan fingerprint density at radius 3 is 2.39 bits per heavy atom. The van der Waals surface area contributed by atoms with Crippen molar-refractivity contribution in [2.24, 2.45) is 4.99 Å². The lowest BCUT2D eigenvalue weighted by molar-refractivity contribution is 0.393. The van der Waals surface area contributed by atoms with Crippen LogP contribution < -0.4 is 14.8 Å². The standard InChI is InChI=1S/C19H22N2O2/c1-22-16-11-14(12-17(13-16)23-2)7-8-15-5-3-4-6-18(15)19-20-9-10-21-19/h3-6,11-13H,7-10H2,1-2H3,(H,20,21). The highest BCUT2D eigenvalue weighted by Gasteiger charge is 2.12. The van der Waals surface area contributed by atoms with E-state index < -0.39 is 0 Å². The van der Waals surface area contributed by atoms with Gasteiger partial charge in [0.15, 0.2) is 0 Å². The molecule has 1 heterocycles. The van der Waals surface area contributed by atoms with Gasteiger partial charge in [0.1, 0.15) is 17.3 Å². The summed E-state index contributed by atoms with van der Waals surface area (Å²) in [6.45, 7) is 1.79. The molecule has 1 aliphatic rings. The molecule has 0 unspecified atom stereocenters. The van der Waals surface area contributed by atoms with Gasteiger partial charge in [0, 0.05) is 18.2 Å². The SMILES string of the molecule is COc1cc(CCc2ccccc2C2=NCCN2)cc(OC)c1. The molecule has 4 nitrogen and oxygen atoms in total. The van der Waals surface area contributed by atoms with Crippen LogP contribution in [0.3, 0.4) is 0 Å². The van der Waals surface area contributed by atoms with Gasteiger partial charge in [-0.25, -0.2) is 0 Å². The minimum absolute atomic E-state index is 0.828. The second-order valence-corrected chi connectivity index (χ2v) is 5.54. The van der Waals surface area contributed by atoms with Crippen molar-refractivity contribution < 1.29 is 9.47 Å². The summed E-state index contributed by atoms with van der Waals surface area (Å²) < 4.78 is 10.7. The molecular weight excluding hydrogens is 288 g/mol. The van der Waals surface area contributed by atoms with E-state index in [0.717, 1.165) is 43.3 Å². The van der Waals surface area contributed by atoms with Gasteiger partial charge in [0.2, 0.25) is 0 Å². The average Bonchev–Trinajstić information content (AvgIpc) is 3.14. The number of ether oxygens (including phenoxy) is 2. The number of aryl methyl sites for hydroxylation is 2. The lowest BCUT2D eigenvalue weighted by Crippen LogP contribution is -2.21. The van der Waals surface area contributed by atoms with Crippen LogP contribution in [-0.4, -0.2) is 33.1 Å². The van der Waals surface area contributed by atoms with Gasteiger partial charge in [0.25, 0.3) is 0 Å². The Morgan fingerprint density at radius 1 is 1.00 bits per heavy atom. The topological polar surface area (TPSA) is 42.8 Å². The lowest BCUT2D eigenvalue weighted by atomic mass is 9.99. The fraction of sp³-hybridized carbons (Fsp3) is 0.316. The highest BCUT2D eigenvalue weighted by atomic mass is 16.5. The van der Waals surface area contributed by atoms with E-state index in [2.05, 4.69) is 46.7 Å². The molecular formula is C19H22N2O2. The number of aliphatic imine (C=N–C) groups is 1. The zero-order valence-corrected chi connectivity index (χ0v) is 13.6. The number of hydrogen-bond donors (Lipinski definition) is 1. The number of nitrogens with one attached hydrogen (secondary N) is 1. The summed E-state index contributed by atoms with van der Waals surface area (Å²) in [5, 5.41) is 3.36. The molecule has 4 heteroatoms. The molecule has 0 radical (unpaired) electrons. The first-order chi connectivity index (χ1) is 11.3. The van der Waals surface area contributed by atoms with E-state index in [-0.39, 0.29) is 0 Å². The molecule has 23 heavy (non-hydrogen) atoms. The van der Waals surface area contributed by atoms with Gasteiger partial charge in [-0.05, 0) is 36.1 Å². The predicted molar refractivity (Wildman–Crippen MR) is 92.8 cm³/mol. The van der Waals surface area contributed by atoms with Crippen molar-refractivity contribution in [2.75, 3.05) is 27.3 Å². The third kappa shape index (κ3) is 3.65. The molecule has 0 fully saturated rings. The van der Waals surface area contributed by atoms with Crippen molar-refractivity contribution >= 4 is 5.84 Å². The fourth-order valence-corrected chi connectivity index (χ4v) is 2.84. The molecule has 120 valence electrons. The van der Waals surface area contributed by atoms with E-state index in [1.807, 2.05) is 6.07 Å². The number of amidine groups is 1. The number of methoxy groups -OCH3 is 2. The van der Waals surface area contributed by atoms with Crippen LogP contribution in [-0.2, 0) is 12.8 Å². The van der Waals surface area contributed by atoms with Crippen LogP contribution in [0.1, 0.15) is 16.7 Å². The van der Waals surface area contributed by atoms with Crippen molar-refractivity contribution in [1.29, 1.82) is 0 Å². The van der Waals surface area contributed by atoms with Crippen LogP contribution >= 0.6 is 0 Å². The van der Waals surface area contributed by atoms with Gasteiger partial charge in [-0.3, -0.25) is 4.99 Å². The predicted octanol–water partition coefficient (Wildman–Crippen LogP) is 2.84. The molecule has 0 bridgehead atoms. The summed E-state index contributed by atoms with van der Waals surface area (Å²) in [5.41, 5.74) is 3.72. The van der Waals surface area contributed by atoms with Crippen molar-refractivity contribution in [3.8, 4) is 11.5 Å². The molecule has 0 saturated carbocycles. The normalized spacial score (nSPS) is 13.4. The van der Waals surface area contributed by atoms with Crippen LogP contribution in [0.25, 0.3) is 0 Å². The fourth-order valence-electron chi connectivity index (χ4n) is 2.84. The minimum Gasteiger partial charge on any atom is -0.497 e. The van der Waals surface area contributed by atoms with E-state index in [9.17, 15) is 0 Å². The largest absolute Gasteiger partial charge is 0.497 e. The van der Waals surface area contributed by atoms with Crippen molar-refractivity contribution in [2.45, 2.75) is 12.8 Å². The number of benzene rings is 2. The second kappa shape index (κ2) is 7.18. The molecule has 0 saturated heterocycles. The molecule has 0 aromatic heterocycles. The van der Waals surface area contributed by atoms with E-state index in [1.54, 1.807) is 14.2 Å². The maximum Gasteiger partial charge on any atom is 0.128 e. The minimum atomic E-state index is 0.828. The zero-order chi connectivity index (χ0) is 16.1. The van der Waals surface area contributed by atoms with E-state index in [0.29, 0.717) is 0 Å². The monoisotopic (exact) mass is 310 g/mol. The van der Waals surface area contributed by atoms with Crippen molar-refractivity contribution in [3.05, 3.63) is 59.2 Å². The van der Waals surface area contributed by atoms with E-state index in [1.165, 1.54) is 16.7 Å². The second-order valence-electron chi connectivity index (χ2n) is 5.54. The van der Waals surface area contributed by atoms with Crippen molar-refractivity contribution in [1.82, 2.24) is 5.32 Å². The van der Waals surface area contributed by atoms with Crippen LogP contribution in [0, 0.1) is 0 Å². The average molecular weight is 310 g/mol. The van der Waals surface area contributed by atoms with Gasteiger partial charge < -0.3 is 14.8 Å². The number of nitrogens with zero attached hydrogens (tertiary/aromatic N) is 1. The highest BCUT2D eigenvalue weighted by Crippen LogP contribution is 2.24. The van der Waals surface area contributed by atoms with Gasteiger partial charge in [0.05, 0.1) is 20.8 Å². The lowest BCUT2D eigenvalue weighted by Gasteiger charge is -2.11. The highest BCUT2D eigenvalue weighted by molar-refractivity contribution is 6.01. The number of hydrogen-bond acceptors (Lipinski definition) is 4. The summed E-state index contributed by atoms with van der Waals surface area (Å²) in [6, 6.07) is 14.5. The molecule has 1 aliphatic heterocycles. The summed E-state index contributed by atoms with van der Waals surface area (Å²) in [5.74, 6) is 2.67.